The normalized spacial score (nSPS) is 17.1. The van der Waals surface area contributed by atoms with Gasteiger partial charge in [0.15, 0.2) is 0 Å². The first kappa shape index (κ1) is 24.9. The highest BCUT2D eigenvalue weighted by molar-refractivity contribution is 6.10. The smallest absolute Gasteiger partial charge is 0.0630 e. The highest BCUT2D eigenvalue weighted by Crippen LogP contribution is 2.49. The van der Waals surface area contributed by atoms with Crippen LogP contribution in [-0.4, -0.2) is 10.6 Å². The minimum absolute atomic E-state index is 0.238. The fourth-order valence-electron chi connectivity index (χ4n) is 7.30. The average molecular weight is 563 g/mol. The van der Waals surface area contributed by atoms with Crippen LogP contribution in [0.2, 0.25) is 0 Å². The van der Waals surface area contributed by atoms with E-state index in [1.165, 1.54) is 66.7 Å². The van der Waals surface area contributed by atoms with E-state index in [9.17, 15) is 0 Å². The summed E-state index contributed by atoms with van der Waals surface area (Å²) < 4.78 is 2.38. The summed E-state index contributed by atoms with van der Waals surface area (Å²) in [6, 6.07) is 55.2. The van der Waals surface area contributed by atoms with Crippen molar-refractivity contribution in [3.05, 3.63) is 181 Å². The summed E-state index contributed by atoms with van der Waals surface area (Å²) in [5.41, 5.74) is 12.6. The molecule has 1 aromatic heterocycles. The van der Waals surface area contributed by atoms with Gasteiger partial charge in [0, 0.05) is 33.8 Å². The van der Waals surface area contributed by atoms with Gasteiger partial charge in [-0.25, -0.2) is 0 Å². The van der Waals surface area contributed by atoms with Crippen LogP contribution in [0.3, 0.4) is 0 Å². The first-order valence-corrected chi connectivity index (χ1v) is 15.4. The third kappa shape index (κ3) is 3.88. The van der Waals surface area contributed by atoms with Crippen LogP contribution in [-0.2, 0) is 0 Å². The van der Waals surface area contributed by atoms with Crippen LogP contribution >= 0.6 is 0 Å². The molecule has 1 aliphatic heterocycles. The highest BCUT2D eigenvalue weighted by Gasteiger charge is 2.38. The van der Waals surface area contributed by atoms with E-state index in [4.69, 9.17) is 0 Å². The molecule has 0 amide bonds. The van der Waals surface area contributed by atoms with Crippen LogP contribution in [0, 0.1) is 0 Å². The summed E-state index contributed by atoms with van der Waals surface area (Å²) in [6.07, 6.45) is 7.22. The number of hydrogen-bond donors (Lipinski definition) is 0. The van der Waals surface area contributed by atoms with Crippen LogP contribution in [0.15, 0.2) is 170 Å². The van der Waals surface area contributed by atoms with Crippen molar-refractivity contribution < 1.29 is 0 Å². The van der Waals surface area contributed by atoms with Crippen LogP contribution in [0.4, 0.5) is 11.4 Å². The van der Waals surface area contributed by atoms with E-state index in [-0.39, 0.29) is 12.0 Å². The van der Waals surface area contributed by atoms with E-state index in [1.807, 2.05) is 0 Å². The Morgan fingerprint density at radius 1 is 0.477 bits per heavy atom. The van der Waals surface area contributed by atoms with Crippen molar-refractivity contribution in [2.24, 2.45) is 0 Å². The number of hydrogen-bond acceptors (Lipinski definition) is 1. The number of allylic oxidation sites excluding steroid dienone is 2. The summed E-state index contributed by atoms with van der Waals surface area (Å²) in [5, 5.41) is 2.56. The molecule has 0 bridgehead atoms. The second-order valence-corrected chi connectivity index (χ2v) is 11.8. The molecule has 0 N–H and O–H groups in total. The van der Waals surface area contributed by atoms with Gasteiger partial charge in [-0.15, -0.1) is 0 Å². The number of fused-ring (bicyclic) bond motifs is 6. The fraction of sp³-hybridized carbons (Fsp3) is 0.0476. The Kier molecular flexibility index (Phi) is 5.67. The second kappa shape index (κ2) is 10.00. The Bertz CT molecular complexity index is 2220. The second-order valence-electron chi connectivity index (χ2n) is 11.8. The Labute approximate surface area is 257 Å². The minimum atomic E-state index is 0.238. The molecule has 0 radical (unpaired) electrons. The lowest BCUT2D eigenvalue weighted by Gasteiger charge is -2.30. The first-order valence-electron chi connectivity index (χ1n) is 15.4. The Balaban J connectivity index is 1.11. The third-order valence-corrected chi connectivity index (χ3v) is 9.33. The molecule has 2 atom stereocenters. The van der Waals surface area contributed by atoms with Gasteiger partial charge in [-0.2, -0.15) is 0 Å². The van der Waals surface area contributed by atoms with E-state index in [0.29, 0.717) is 0 Å². The predicted octanol–water partition coefficient (Wildman–Crippen LogP) is 10.7. The van der Waals surface area contributed by atoms with Gasteiger partial charge >= 0.3 is 0 Å². The maximum Gasteiger partial charge on any atom is 0.0630 e. The molecule has 2 nitrogen and oxygen atoms in total. The quantitative estimate of drug-likeness (QED) is 0.207. The van der Waals surface area contributed by atoms with Gasteiger partial charge in [0.05, 0.1) is 17.1 Å². The number of rotatable bonds is 4. The zero-order chi connectivity index (χ0) is 29.0. The van der Waals surface area contributed by atoms with Crippen LogP contribution < -0.4 is 4.90 Å². The molecule has 208 valence electrons. The molecule has 1 aliphatic carbocycles. The lowest BCUT2D eigenvalue weighted by atomic mass is 9.86. The minimum Gasteiger partial charge on any atom is -0.333 e. The molecule has 7 aromatic rings. The van der Waals surface area contributed by atoms with Crippen molar-refractivity contribution in [3.8, 4) is 16.8 Å². The number of para-hydroxylation sites is 3. The molecular formula is C42H30N2. The van der Waals surface area contributed by atoms with Crippen molar-refractivity contribution in [2.45, 2.75) is 12.0 Å². The van der Waals surface area contributed by atoms with Crippen LogP contribution in [0.1, 0.15) is 17.0 Å². The summed E-state index contributed by atoms with van der Waals surface area (Å²) in [5.74, 6) is 0.279. The van der Waals surface area contributed by atoms with Crippen molar-refractivity contribution in [1.29, 1.82) is 0 Å². The van der Waals surface area contributed by atoms with Crippen LogP contribution in [0.5, 0.6) is 0 Å². The van der Waals surface area contributed by atoms with Gasteiger partial charge in [-0.05, 0) is 76.4 Å². The van der Waals surface area contributed by atoms with E-state index in [2.05, 4.69) is 179 Å². The summed E-state index contributed by atoms with van der Waals surface area (Å²) in [7, 11) is 0. The third-order valence-electron chi connectivity index (χ3n) is 9.33. The van der Waals surface area contributed by atoms with E-state index >= 15 is 0 Å². The van der Waals surface area contributed by atoms with E-state index in [1.54, 1.807) is 0 Å². The monoisotopic (exact) mass is 562 g/mol. The molecule has 9 rings (SSSR count). The average Bonchev–Trinajstić information content (AvgIpc) is 3.61. The van der Waals surface area contributed by atoms with Crippen molar-refractivity contribution in [2.75, 3.05) is 4.90 Å². The molecule has 44 heavy (non-hydrogen) atoms. The predicted molar refractivity (Wildman–Crippen MR) is 185 cm³/mol. The number of anilines is 2. The summed E-state index contributed by atoms with van der Waals surface area (Å²) >= 11 is 0. The van der Waals surface area contributed by atoms with Gasteiger partial charge in [0.2, 0.25) is 0 Å². The molecule has 2 aliphatic rings. The largest absolute Gasteiger partial charge is 0.333 e. The Hall–Kier alpha value is -5.60. The van der Waals surface area contributed by atoms with Gasteiger partial charge < -0.3 is 9.47 Å². The number of nitrogens with zero attached hydrogens (tertiary/aromatic N) is 2. The molecule has 2 heteroatoms. The summed E-state index contributed by atoms with van der Waals surface area (Å²) in [6.45, 7) is 0. The summed E-state index contributed by atoms with van der Waals surface area (Å²) in [4.78, 5) is 2.51. The maximum atomic E-state index is 2.51. The first-order chi connectivity index (χ1) is 21.8. The van der Waals surface area contributed by atoms with Crippen molar-refractivity contribution >= 4 is 38.8 Å². The molecule has 0 fully saturated rings. The molecule has 2 heterocycles. The molecule has 6 aromatic carbocycles. The van der Waals surface area contributed by atoms with Crippen molar-refractivity contribution in [3.63, 3.8) is 0 Å². The molecule has 0 saturated heterocycles. The molecule has 0 spiro atoms. The van der Waals surface area contributed by atoms with E-state index < -0.39 is 0 Å². The van der Waals surface area contributed by atoms with Gasteiger partial charge in [-0.1, -0.05) is 121 Å². The van der Waals surface area contributed by atoms with Crippen molar-refractivity contribution in [1.82, 2.24) is 4.57 Å². The Morgan fingerprint density at radius 2 is 1.14 bits per heavy atom. The topological polar surface area (TPSA) is 8.17 Å². The molecule has 0 saturated carbocycles. The van der Waals surface area contributed by atoms with Gasteiger partial charge in [0.1, 0.15) is 0 Å². The standard InChI is InChI=1S/C42H30N2/c1-3-11-29(12-4-1)30-19-23-34(24-20-30)44-40-18-10-8-16-36(40)38-28-32(22-26-42(38)44)31-21-25-41-37(27-31)35-15-7-9-17-39(35)43(41)33-13-5-2-6-14-33/h1-28,38,42H. The fourth-order valence-corrected chi connectivity index (χ4v) is 7.30. The zero-order valence-electron chi connectivity index (χ0n) is 24.2. The number of aromatic nitrogens is 1. The van der Waals surface area contributed by atoms with Gasteiger partial charge in [0.25, 0.3) is 0 Å². The van der Waals surface area contributed by atoms with Gasteiger partial charge in [-0.3, -0.25) is 0 Å². The lowest BCUT2D eigenvalue weighted by molar-refractivity contribution is 0.747. The number of benzene rings is 6. The Morgan fingerprint density at radius 3 is 1.98 bits per heavy atom. The van der Waals surface area contributed by atoms with E-state index in [0.717, 1.165) is 0 Å². The molecule has 2 unspecified atom stereocenters. The molecular weight excluding hydrogens is 532 g/mol. The SMILES string of the molecule is C1=CC2C(C=C1c1ccc3c(c1)c1ccccc1n3-c1ccccc1)c1ccccc1N2c1ccc(-c2ccccc2)cc1. The maximum absolute atomic E-state index is 2.51. The van der Waals surface area contributed by atoms with Crippen LogP contribution in [0.25, 0.3) is 44.2 Å². The lowest BCUT2D eigenvalue weighted by Crippen LogP contribution is -2.28. The zero-order valence-corrected chi connectivity index (χ0v) is 24.2. The highest BCUT2D eigenvalue weighted by atomic mass is 15.2.